The number of aryl methyl sites for hydroxylation is 1. The minimum atomic E-state index is -0.611. The monoisotopic (exact) mass is 420 g/mol. The lowest BCUT2D eigenvalue weighted by molar-refractivity contribution is 0.388. The van der Waals surface area contributed by atoms with Crippen molar-refractivity contribution in [1.29, 1.82) is 5.26 Å². The first kappa shape index (κ1) is 20.7. The number of piperidine rings is 1. The summed E-state index contributed by atoms with van der Waals surface area (Å²) < 4.78 is 2.76. The summed E-state index contributed by atoms with van der Waals surface area (Å²) >= 11 is 0. The predicted molar refractivity (Wildman–Crippen MR) is 116 cm³/mol. The van der Waals surface area contributed by atoms with E-state index in [9.17, 15) is 14.9 Å². The summed E-state index contributed by atoms with van der Waals surface area (Å²) in [6, 6.07) is 5.04. The fourth-order valence-corrected chi connectivity index (χ4v) is 4.02. The molecule has 31 heavy (non-hydrogen) atoms. The van der Waals surface area contributed by atoms with Crippen LogP contribution in [0.2, 0.25) is 0 Å². The number of fused-ring (bicyclic) bond motifs is 1. The van der Waals surface area contributed by atoms with E-state index < -0.39 is 11.1 Å². The zero-order valence-corrected chi connectivity index (χ0v) is 17.8. The van der Waals surface area contributed by atoms with Gasteiger partial charge in [-0.2, -0.15) is 5.26 Å². The molecule has 0 aromatic carbocycles. The average Bonchev–Trinajstić information content (AvgIpc) is 2.78. The molecular formula is C21H24N8O2. The maximum absolute atomic E-state index is 12.8. The summed E-state index contributed by atoms with van der Waals surface area (Å²) in [6.45, 7) is 2.08. The number of nitrogens with zero attached hydrogens (tertiary/aromatic N) is 8. The van der Waals surface area contributed by atoms with Gasteiger partial charge < -0.3 is 14.4 Å². The highest BCUT2D eigenvalue weighted by atomic mass is 16.2. The average molecular weight is 420 g/mol. The van der Waals surface area contributed by atoms with Crippen LogP contribution in [0.1, 0.15) is 30.1 Å². The van der Waals surface area contributed by atoms with Crippen molar-refractivity contribution in [3.05, 3.63) is 56.5 Å². The largest absolute Gasteiger partial charge is 0.341 e. The minimum Gasteiger partial charge on any atom is -0.341 e. The van der Waals surface area contributed by atoms with Crippen molar-refractivity contribution in [2.75, 3.05) is 32.1 Å². The highest BCUT2D eigenvalue weighted by Gasteiger charge is 2.26. The van der Waals surface area contributed by atoms with E-state index >= 15 is 0 Å². The van der Waals surface area contributed by atoms with E-state index in [0.717, 1.165) is 12.1 Å². The molecule has 4 rings (SSSR count). The van der Waals surface area contributed by atoms with Crippen molar-refractivity contribution in [2.24, 2.45) is 7.05 Å². The second-order valence-electron chi connectivity index (χ2n) is 8.04. The van der Waals surface area contributed by atoms with Gasteiger partial charge in [0.05, 0.1) is 5.52 Å². The van der Waals surface area contributed by atoms with Gasteiger partial charge in [-0.1, -0.05) is 0 Å². The SMILES string of the molecule is CN(C)Cc1cnc(N2CCC(n3c(=O)c(=O)n(C)c4ccc(C#N)nc43)CC2)nc1. The molecule has 10 nitrogen and oxygen atoms in total. The second kappa shape index (κ2) is 8.28. The number of nitriles is 1. The number of aromatic nitrogens is 5. The summed E-state index contributed by atoms with van der Waals surface area (Å²) in [5.41, 5.74) is 0.949. The summed E-state index contributed by atoms with van der Waals surface area (Å²) in [6.07, 6.45) is 4.95. The van der Waals surface area contributed by atoms with Gasteiger partial charge in [0.15, 0.2) is 5.65 Å². The fourth-order valence-electron chi connectivity index (χ4n) is 4.02. The number of anilines is 1. The Labute approximate surface area is 179 Å². The second-order valence-corrected chi connectivity index (χ2v) is 8.04. The first-order valence-electron chi connectivity index (χ1n) is 10.1. The lowest BCUT2D eigenvalue weighted by Gasteiger charge is -2.33. The number of hydrogen-bond acceptors (Lipinski definition) is 8. The van der Waals surface area contributed by atoms with Gasteiger partial charge >= 0.3 is 11.1 Å². The molecule has 0 atom stereocenters. The molecule has 0 amide bonds. The molecule has 1 saturated heterocycles. The molecule has 0 unspecified atom stereocenters. The first-order valence-corrected chi connectivity index (χ1v) is 10.1. The van der Waals surface area contributed by atoms with Crippen LogP contribution in [0, 0.1) is 11.3 Å². The Morgan fingerprint density at radius 3 is 2.42 bits per heavy atom. The van der Waals surface area contributed by atoms with E-state index in [2.05, 4.69) is 24.8 Å². The molecule has 10 heteroatoms. The van der Waals surface area contributed by atoms with Gasteiger partial charge in [-0.15, -0.1) is 0 Å². The molecule has 1 aliphatic rings. The third-order valence-corrected chi connectivity index (χ3v) is 5.57. The van der Waals surface area contributed by atoms with Crippen LogP contribution < -0.4 is 16.0 Å². The van der Waals surface area contributed by atoms with Crippen LogP contribution in [0.5, 0.6) is 0 Å². The van der Waals surface area contributed by atoms with Gasteiger partial charge in [-0.3, -0.25) is 14.2 Å². The molecule has 4 heterocycles. The maximum atomic E-state index is 12.8. The van der Waals surface area contributed by atoms with Crippen LogP contribution >= 0.6 is 0 Å². The van der Waals surface area contributed by atoms with Crippen molar-refractivity contribution in [3.63, 3.8) is 0 Å². The van der Waals surface area contributed by atoms with Crippen LogP contribution in [-0.2, 0) is 13.6 Å². The van der Waals surface area contributed by atoms with Crippen molar-refractivity contribution in [3.8, 4) is 6.07 Å². The molecule has 0 aliphatic carbocycles. The Morgan fingerprint density at radius 1 is 1.13 bits per heavy atom. The molecule has 3 aromatic rings. The number of hydrogen-bond donors (Lipinski definition) is 0. The molecule has 0 spiro atoms. The molecule has 1 fully saturated rings. The Morgan fingerprint density at radius 2 is 1.81 bits per heavy atom. The van der Waals surface area contributed by atoms with Crippen LogP contribution in [0.3, 0.4) is 0 Å². The van der Waals surface area contributed by atoms with E-state index in [4.69, 9.17) is 0 Å². The minimum absolute atomic E-state index is 0.186. The van der Waals surface area contributed by atoms with E-state index in [1.165, 1.54) is 9.13 Å². The fraction of sp³-hybridized carbons (Fsp3) is 0.429. The first-order chi connectivity index (χ1) is 14.9. The van der Waals surface area contributed by atoms with Crippen molar-refractivity contribution < 1.29 is 0 Å². The Bertz CT molecular complexity index is 1260. The van der Waals surface area contributed by atoms with Gasteiger partial charge in [0.25, 0.3) is 0 Å². The highest BCUT2D eigenvalue weighted by molar-refractivity contribution is 5.71. The van der Waals surface area contributed by atoms with Gasteiger partial charge in [-0.05, 0) is 39.1 Å². The standard InChI is InChI=1S/C21H24N8O2/c1-26(2)13-14-11-23-21(24-12-14)28-8-6-16(7-9-28)29-18-17(5-4-15(10-22)25-18)27(3)19(30)20(29)31/h4-5,11-12,16H,6-9,13H2,1-3H3. The lowest BCUT2D eigenvalue weighted by Crippen LogP contribution is -2.45. The molecule has 0 radical (unpaired) electrons. The Kier molecular flexibility index (Phi) is 5.52. The number of rotatable bonds is 4. The quantitative estimate of drug-likeness (QED) is 0.566. The maximum Gasteiger partial charge on any atom is 0.318 e. The van der Waals surface area contributed by atoms with E-state index in [0.29, 0.717) is 43.0 Å². The molecule has 0 N–H and O–H groups in total. The van der Waals surface area contributed by atoms with E-state index in [1.807, 2.05) is 32.6 Å². The lowest BCUT2D eigenvalue weighted by atomic mass is 10.0. The molecule has 160 valence electrons. The van der Waals surface area contributed by atoms with E-state index in [1.54, 1.807) is 19.2 Å². The van der Waals surface area contributed by atoms with Crippen LogP contribution in [0.15, 0.2) is 34.1 Å². The Hall–Kier alpha value is -3.58. The normalized spacial score (nSPS) is 14.9. The van der Waals surface area contributed by atoms with Gasteiger partial charge in [0, 0.05) is 50.7 Å². The molecule has 3 aromatic heterocycles. The number of pyridine rings is 1. The summed E-state index contributed by atoms with van der Waals surface area (Å²) in [7, 11) is 5.54. The highest BCUT2D eigenvalue weighted by Crippen LogP contribution is 2.25. The van der Waals surface area contributed by atoms with Crippen molar-refractivity contribution in [1.82, 2.24) is 29.0 Å². The third-order valence-electron chi connectivity index (χ3n) is 5.57. The predicted octanol–water partition coefficient (Wildman–Crippen LogP) is 0.660. The summed E-state index contributed by atoms with van der Waals surface area (Å²) in [5.74, 6) is 0.659. The smallest absolute Gasteiger partial charge is 0.318 e. The topological polar surface area (TPSA) is 113 Å². The molecule has 0 saturated carbocycles. The van der Waals surface area contributed by atoms with Gasteiger partial charge in [0.2, 0.25) is 5.95 Å². The van der Waals surface area contributed by atoms with Crippen molar-refractivity contribution in [2.45, 2.75) is 25.4 Å². The zero-order chi connectivity index (χ0) is 22.1. The third kappa shape index (κ3) is 3.92. The van der Waals surface area contributed by atoms with E-state index in [-0.39, 0.29) is 11.7 Å². The summed E-state index contributed by atoms with van der Waals surface area (Å²) in [5, 5.41) is 9.23. The van der Waals surface area contributed by atoms with Gasteiger partial charge in [-0.25, -0.2) is 15.0 Å². The van der Waals surface area contributed by atoms with Crippen LogP contribution in [-0.4, -0.2) is 56.2 Å². The molecule has 0 bridgehead atoms. The molecular weight excluding hydrogens is 396 g/mol. The van der Waals surface area contributed by atoms with Crippen molar-refractivity contribution >= 4 is 17.1 Å². The Balaban J connectivity index is 1.61. The van der Waals surface area contributed by atoms with Crippen LogP contribution in [0.25, 0.3) is 11.2 Å². The van der Waals surface area contributed by atoms with Gasteiger partial charge in [0.1, 0.15) is 11.8 Å². The molecule has 1 aliphatic heterocycles. The van der Waals surface area contributed by atoms with Crippen LogP contribution in [0.4, 0.5) is 5.95 Å². The zero-order valence-electron chi connectivity index (χ0n) is 17.8. The summed E-state index contributed by atoms with van der Waals surface area (Å²) in [4.78, 5) is 42.8.